The van der Waals surface area contributed by atoms with E-state index in [1.54, 1.807) is 0 Å². The molecule has 1 aromatic rings. The van der Waals surface area contributed by atoms with Gasteiger partial charge in [-0.25, -0.2) is 0 Å². The lowest BCUT2D eigenvalue weighted by Crippen LogP contribution is -2.44. The molecule has 0 aromatic heterocycles. The van der Waals surface area contributed by atoms with E-state index in [9.17, 15) is 0 Å². The number of halogens is 1. The van der Waals surface area contributed by atoms with Crippen LogP contribution in [0.15, 0.2) is 18.2 Å². The van der Waals surface area contributed by atoms with Gasteiger partial charge in [-0.15, -0.1) is 0 Å². The lowest BCUT2D eigenvalue weighted by molar-refractivity contribution is 0.0969. The molecule has 2 aliphatic rings. The van der Waals surface area contributed by atoms with E-state index < -0.39 is 0 Å². The molecule has 0 saturated carbocycles. The number of nitrogens with zero attached hydrogens (tertiary/aromatic N) is 3. The molecule has 0 unspecified atom stereocenters. The Morgan fingerprint density at radius 3 is 2.29 bits per heavy atom. The number of nitriles is 1. The summed E-state index contributed by atoms with van der Waals surface area (Å²) < 4.78 is 0. The standard InChI is InChI=1S/C18H24ClN3.C2H6/c1-14(2)21-8-5-18(6-9-21)7-10-22(13-18)16-4-3-15(12-20)17(19)11-16;1-2/h3-4,11,14H,5-10,13H2,1-2H3;1-2H3. The van der Waals surface area contributed by atoms with Crippen molar-refractivity contribution in [3.63, 3.8) is 0 Å². The first-order chi connectivity index (χ1) is 11.5. The minimum absolute atomic E-state index is 0.478. The van der Waals surface area contributed by atoms with E-state index >= 15 is 0 Å². The summed E-state index contributed by atoms with van der Waals surface area (Å²) >= 11 is 6.18. The van der Waals surface area contributed by atoms with Crippen molar-refractivity contribution in [1.29, 1.82) is 5.26 Å². The Hall–Kier alpha value is -1.24. The average Bonchev–Trinajstić information content (AvgIpc) is 3.01. The van der Waals surface area contributed by atoms with Crippen molar-refractivity contribution in [2.75, 3.05) is 31.1 Å². The van der Waals surface area contributed by atoms with E-state index in [2.05, 4.69) is 29.7 Å². The minimum atomic E-state index is 0.478. The van der Waals surface area contributed by atoms with Crippen molar-refractivity contribution in [2.24, 2.45) is 5.41 Å². The third-order valence-electron chi connectivity index (χ3n) is 5.47. The number of benzene rings is 1. The van der Waals surface area contributed by atoms with Crippen LogP contribution in [0.4, 0.5) is 5.69 Å². The highest BCUT2D eigenvalue weighted by Crippen LogP contribution is 2.42. The molecule has 2 aliphatic heterocycles. The number of hydrogen-bond acceptors (Lipinski definition) is 3. The molecule has 2 fully saturated rings. The second-order valence-electron chi connectivity index (χ2n) is 7.08. The number of likely N-dealkylation sites (tertiary alicyclic amines) is 1. The molecule has 1 aromatic carbocycles. The van der Waals surface area contributed by atoms with Gasteiger partial charge < -0.3 is 9.80 Å². The fourth-order valence-corrected chi connectivity index (χ4v) is 4.09. The molecule has 0 radical (unpaired) electrons. The summed E-state index contributed by atoms with van der Waals surface area (Å²) in [5.41, 5.74) is 2.20. The van der Waals surface area contributed by atoms with Crippen molar-refractivity contribution < 1.29 is 0 Å². The number of hydrogen-bond donors (Lipinski definition) is 0. The maximum Gasteiger partial charge on any atom is 0.101 e. The number of piperidine rings is 1. The van der Waals surface area contributed by atoms with Crippen LogP contribution in [-0.4, -0.2) is 37.1 Å². The van der Waals surface area contributed by atoms with Crippen LogP contribution in [0.5, 0.6) is 0 Å². The molecule has 2 saturated heterocycles. The van der Waals surface area contributed by atoms with Crippen molar-refractivity contribution >= 4 is 17.3 Å². The van der Waals surface area contributed by atoms with Crippen LogP contribution in [0.25, 0.3) is 0 Å². The van der Waals surface area contributed by atoms with Crippen LogP contribution in [0.1, 0.15) is 52.5 Å². The Kier molecular flexibility index (Phi) is 6.54. The van der Waals surface area contributed by atoms with Crippen LogP contribution >= 0.6 is 11.6 Å². The smallest absolute Gasteiger partial charge is 0.101 e. The summed E-state index contributed by atoms with van der Waals surface area (Å²) in [7, 11) is 0. The second-order valence-corrected chi connectivity index (χ2v) is 7.48. The SMILES string of the molecule is CC.CC(C)N1CCC2(CCN(c3ccc(C#N)c(Cl)c3)C2)CC1. The van der Waals surface area contributed by atoms with Gasteiger partial charge in [0, 0.05) is 24.8 Å². The molecule has 1 spiro atoms. The Balaban J connectivity index is 0.00000100. The summed E-state index contributed by atoms with van der Waals surface area (Å²) in [4.78, 5) is 5.03. The van der Waals surface area contributed by atoms with Crippen molar-refractivity contribution in [3.05, 3.63) is 28.8 Å². The average molecular weight is 348 g/mol. The topological polar surface area (TPSA) is 30.3 Å². The Morgan fingerprint density at radius 1 is 1.12 bits per heavy atom. The van der Waals surface area contributed by atoms with Gasteiger partial charge in [-0.1, -0.05) is 25.4 Å². The Morgan fingerprint density at radius 2 is 1.75 bits per heavy atom. The van der Waals surface area contributed by atoms with Gasteiger partial charge >= 0.3 is 0 Å². The van der Waals surface area contributed by atoms with Gasteiger partial charge in [0.2, 0.25) is 0 Å². The summed E-state index contributed by atoms with van der Waals surface area (Å²) in [5, 5.41) is 9.56. The first kappa shape index (κ1) is 19.1. The van der Waals surface area contributed by atoms with Gasteiger partial charge in [-0.2, -0.15) is 5.26 Å². The lowest BCUT2D eigenvalue weighted by Gasteiger charge is -2.41. The predicted octanol–water partition coefficient (Wildman–Crippen LogP) is 4.94. The van der Waals surface area contributed by atoms with Gasteiger partial charge in [-0.05, 0) is 69.8 Å². The Bertz CT molecular complexity index is 583. The molecule has 0 atom stereocenters. The molecule has 24 heavy (non-hydrogen) atoms. The van der Waals surface area contributed by atoms with E-state index in [4.69, 9.17) is 16.9 Å². The van der Waals surface area contributed by atoms with E-state index in [1.807, 2.05) is 32.0 Å². The van der Waals surface area contributed by atoms with Crippen LogP contribution in [0.3, 0.4) is 0 Å². The van der Waals surface area contributed by atoms with Crippen LogP contribution in [-0.2, 0) is 0 Å². The molecule has 2 heterocycles. The summed E-state index contributed by atoms with van der Waals surface area (Å²) in [6, 6.07) is 8.61. The molecule has 4 heteroatoms. The zero-order valence-electron chi connectivity index (χ0n) is 15.5. The zero-order valence-corrected chi connectivity index (χ0v) is 16.2. The van der Waals surface area contributed by atoms with Gasteiger partial charge in [-0.3, -0.25) is 0 Å². The second kappa shape index (κ2) is 8.23. The molecule has 0 bridgehead atoms. The fraction of sp³-hybridized carbons (Fsp3) is 0.650. The third kappa shape index (κ3) is 4.05. The molecular formula is C20H30ClN3. The van der Waals surface area contributed by atoms with Crippen molar-refractivity contribution in [2.45, 2.75) is 53.0 Å². The monoisotopic (exact) mass is 347 g/mol. The molecule has 3 rings (SSSR count). The van der Waals surface area contributed by atoms with Crippen molar-refractivity contribution in [1.82, 2.24) is 4.90 Å². The highest BCUT2D eigenvalue weighted by Gasteiger charge is 2.40. The van der Waals surface area contributed by atoms with E-state index in [-0.39, 0.29) is 0 Å². The van der Waals surface area contributed by atoms with E-state index in [0.717, 1.165) is 18.8 Å². The lowest BCUT2D eigenvalue weighted by atomic mass is 9.77. The quantitative estimate of drug-likeness (QED) is 0.759. The van der Waals surface area contributed by atoms with Crippen LogP contribution in [0, 0.1) is 16.7 Å². The molecular weight excluding hydrogens is 318 g/mol. The largest absolute Gasteiger partial charge is 0.371 e. The fourth-order valence-electron chi connectivity index (χ4n) is 3.87. The number of anilines is 1. The van der Waals surface area contributed by atoms with Crippen LogP contribution in [0.2, 0.25) is 5.02 Å². The maximum absolute atomic E-state index is 8.99. The normalized spacial score (nSPS) is 20.0. The Labute approximate surface area is 152 Å². The molecule has 3 nitrogen and oxygen atoms in total. The van der Waals surface area contributed by atoms with E-state index in [0.29, 0.717) is 22.0 Å². The van der Waals surface area contributed by atoms with Gasteiger partial charge in [0.15, 0.2) is 0 Å². The number of rotatable bonds is 2. The predicted molar refractivity (Wildman–Crippen MR) is 103 cm³/mol. The first-order valence-electron chi connectivity index (χ1n) is 9.22. The van der Waals surface area contributed by atoms with Gasteiger partial charge in [0.05, 0.1) is 10.6 Å². The minimum Gasteiger partial charge on any atom is -0.371 e. The highest BCUT2D eigenvalue weighted by molar-refractivity contribution is 6.32. The summed E-state index contributed by atoms with van der Waals surface area (Å²) in [6.07, 6.45) is 3.87. The van der Waals surface area contributed by atoms with Gasteiger partial charge in [0.1, 0.15) is 6.07 Å². The molecule has 0 amide bonds. The van der Waals surface area contributed by atoms with Crippen molar-refractivity contribution in [3.8, 4) is 6.07 Å². The third-order valence-corrected chi connectivity index (χ3v) is 5.78. The molecule has 132 valence electrons. The molecule has 0 aliphatic carbocycles. The van der Waals surface area contributed by atoms with E-state index in [1.165, 1.54) is 32.4 Å². The first-order valence-corrected chi connectivity index (χ1v) is 9.59. The summed E-state index contributed by atoms with van der Waals surface area (Å²) in [5.74, 6) is 0. The van der Waals surface area contributed by atoms with Gasteiger partial charge in [0.25, 0.3) is 0 Å². The maximum atomic E-state index is 8.99. The van der Waals surface area contributed by atoms with Crippen LogP contribution < -0.4 is 4.90 Å². The summed E-state index contributed by atoms with van der Waals surface area (Å²) in [6.45, 7) is 13.2. The zero-order chi connectivity index (χ0) is 17.7. The highest BCUT2D eigenvalue weighted by atomic mass is 35.5. The molecule has 0 N–H and O–H groups in total.